The van der Waals surface area contributed by atoms with E-state index >= 15 is 0 Å². The Balaban J connectivity index is 2.90. The number of carbonyl (C=O) groups is 1. The van der Waals surface area contributed by atoms with Crippen molar-refractivity contribution in [1.82, 2.24) is 0 Å². The molecule has 0 heterocycles. The molecule has 0 saturated heterocycles. The number of nitrogen functional groups attached to an aromatic ring is 1. The summed E-state index contributed by atoms with van der Waals surface area (Å²) in [5, 5.41) is 2.24. The zero-order valence-electron chi connectivity index (χ0n) is 12.2. The van der Waals surface area contributed by atoms with Crippen molar-refractivity contribution in [2.75, 3.05) is 18.2 Å². The van der Waals surface area contributed by atoms with Crippen LogP contribution in [0.25, 0.3) is 0 Å². The van der Waals surface area contributed by atoms with Crippen LogP contribution in [0.1, 0.15) is 13.3 Å². The maximum Gasteiger partial charge on any atom is 0.523 e. The standard InChI is InChI=1S/C12H15F3N2O5S/c1-3-9(22-23(19,20)12(13,14)15)11(18)17-7-4-5-8(16)10(6-7)21-2/h4-6,9H,3,16H2,1-2H3,(H,17,18)/t9-/m1/s1. The molecule has 0 spiro atoms. The summed E-state index contributed by atoms with van der Waals surface area (Å²) in [6.07, 6.45) is -2.11. The number of rotatable bonds is 6. The molecular weight excluding hydrogens is 341 g/mol. The van der Waals surface area contributed by atoms with E-state index in [9.17, 15) is 26.4 Å². The smallest absolute Gasteiger partial charge is 0.495 e. The van der Waals surface area contributed by atoms with E-state index in [0.717, 1.165) is 0 Å². The molecule has 0 aliphatic carbocycles. The predicted molar refractivity (Wildman–Crippen MR) is 76.2 cm³/mol. The first-order chi connectivity index (χ1) is 10.5. The van der Waals surface area contributed by atoms with Crippen LogP contribution in [0, 0.1) is 0 Å². The maximum absolute atomic E-state index is 12.3. The first kappa shape index (κ1) is 19.0. The van der Waals surface area contributed by atoms with Gasteiger partial charge in [-0.25, -0.2) is 4.18 Å². The van der Waals surface area contributed by atoms with Crippen LogP contribution in [0.15, 0.2) is 18.2 Å². The molecule has 1 rings (SSSR count). The van der Waals surface area contributed by atoms with E-state index in [1.807, 2.05) is 0 Å². The second kappa shape index (κ2) is 7.04. The lowest BCUT2D eigenvalue weighted by molar-refractivity contribution is -0.123. The summed E-state index contributed by atoms with van der Waals surface area (Å²) in [5.41, 5.74) is 0.420. The Morgan fingerprint density at radius 3 is 2.48 bits per heavy atom. The largest absolute Gasteiger partial charge is 0.523 e. The molecule has 130 valence electrons. The second-order valence-corrected chi connectivity index (χ2v) is 5.90. The lowest BCUT2D eigenvalue weighted by Crippen LogP contribution is -2.36. The molecule has 0 radical (unpaired) electrons. The molecular formula is C12H15F3N2O5S. The number of methoxy groups -OCH3 is 1. The number of hydrogen-bond donors (Lipinski definition) is 2. The highest BCUT2D eigenvalue weighted by molar-refractivity contribution is 7.87. The van der Waals surface area contributed by atoms with Gasteiger partial charge < -0.3 is 15.8 Å². The first-order valence-electron chi connectivity index (χ1n) is 6.25. The second-order valence-electron chi connectivity index (χ2n) is 4.34. The highest BCUT2D eigenvalue weighted by atomic mass is 32.2. The van der Waals surface area contributed by atoms with Gasteiger partial charge >= 0.3 is 15.6 Å². The van der Waals surface area contributed by atoms with Crippen molar-refractivity contribution in [3.63, 3.8) is 0 Å². The van der Waals surface area contributed by atoms with Crippen LogP contribution in [0.4, 0.5) is 24.5 Å². The Kier molecular flexibility index (Phi) is 5.83. The molecule has 0 aliphatic heterocycles. The Morgan fingerprint density at radius 1 is 1.39 bits per heavy atom. The van der Waals surface area contributed by atoms with E-state index in [1.54, 1.807) is 0 Å². The van der Waals surface area contributed by atoms with Crippen molar-refractivity contribution in [2.24, 2.45) is 0 Å². The van der Waals surface area contributed by atoms with E-state index in [2.05, 4.69) is 9.50 Å². The molecule has 3 N–H and O–H groups in total. The number of carbonyl (C=O) groups excluding carboxylic acids is 1. The number of anilines is 2. The predicted octanol–water partition coefficient (Wildman–Crippen LogP) is 1.86. The fraction of sp³-hybridized carbons (Fsp3) is 0.417. The Bertz CT molecular complexity index is 676. The molecule has 1 amide bonds. The summed E-state index contributed by atoms with van der Waals surface area (Å²) < 4.78 is 67.7. The molecule has 11 heteroatoms. The van der Waals surface area contributed by atoms with Crippen LogP contribution in [0.3, 0.4) is 0 Å². The van der Waals surface area contributed by atoms with Crippen LogP contribution in [-0.2, 0) is 19.1 Å². The third-order valence-electron chi connectivity index (χ3n) is 2.69. The van der Waals surface area contributed by atoms with Gasteiger partial charge in [0.2, 0.25) is 0 Å². The van der Waals surface area contributed by atoms with Gasteiger partial charge in [-0.05, 0) is 18.6 Å². The Labute approximate surface area is 130 Å². The van der Waals surface area contributed by atoms with E-state index in [1.165, 1.54) is 32.2 Å². The molecule has 1 aromatic carbocycles. The summed E-state index contributed by atoms with van der Waals surface area (Å²) in [6.45, 7) is 1.31. The number of hydrogen-bond acceptors (Lipinski definition) is 6. The Hall–Kier alpha value is -2.01. The third kappa shape index (κ3) is 4.73. The number of nitrogens with one attached hydrogen (secondary N) is 1. The molecule has 0 aliphatic rings. The fourth-order valence-electron chi connectivity index (χ4n) is 1.52. The highest BCUT2D eigenvalue weighted by Gasteiger charge is 2.49. The van der Waals surface area contributed by atoms with Crippen LogP contribution in [0.2, 0.25) is 0 Å². The normalized spacial score (nSPS) is 13.4. The zero-order valence-corrected chi connectivity index (χ0v) is 13.0. The van der Waals surface area contributed by atoms with Gasteiger partial charge in [-0.3, -0.25) is 4.79 Å². The first-order valence-corrected chi connectivity index (χ1v) is 7.66. The summed E-state index contributed by atoms with van der Waals surface area (Å²) >= 11 is 0. The lowest BCUT2D eigenvalue weighted by atomic mass is 10.2. The van der Waals surface area contributed by atoms with E-state index in [-0.39, 0.29) is 23.5 Å². The number of benzene rings is 1. The fourth-order valence-corrected chi connectivity index (χ4v) is 2.15. The molecule has 0 aromatic heterocycles. The van der Waals surface area contributed by atoms with Gasteiger partial charge in [-0.1, -0.05) is 6.92 Å². The molecule has 1 atom stereocenters. The monoisotopic (exact) mass is 356 g/mol. The quantitative estimate of drug-likeness (QED) is 0.458. The minimum atomic E-state index is -5.87. The summed E-state index contributed by atoms with van der Waals surface area (Å²) in [7, 11) is -4.53. The topological polar surface area (TPSA) is 108 Å². The maximum atomic E-state index is 12.3. The molecule has 0 unspecified atom stereocenters. The van der Waals surface area contributed by atoms with Crippen molar-refractivity contribution in [2.45, 2.75) is 25.0 Å². The van der Waals surface area contributed by atoms with Crippen LogP contribution >= 0.6 is 0 Å². The van der Waals surface area contributed by atoms with Gasteiger partial charge in [-0.2, -0.15) is 21.6 Å². The third-order valence-corrected chi connectivity index (χ3v) is 3.74. The number of ether oxygens (including phenoxy) is 1. The molecule has 7 nitrogen and oxygen atoms in total. The number of halogens is 3. The zero-order chi connectivity index (χ0) is 17.8. The van der Waals surface area contributed by atoms with Crippen molar-refractivity contribution in [3.8, 4) is 5.75 Å². The average molecular weight is 356 g/mol. The van der Waals surface area contributed by atoms with Crippen LogP contribution in [-0.4, -0.2) is 33.0 Å². The average Bonchev–Trinajstić information content (AvgIpc) is 2.45. The van der Waals surface area contributed by atoms with Crippen molar-refractivity contribution in [3.05, 3.63) is 18.2 Å². The van der Waals surface area contributed by atoms with Gasteiger partial charge in [-0.15, -0.1) is 0 Å². The number of nitrogens with two attached hydrogens (primary N) is 1. The lowest BCUT2D eigenvalue weighted by Gasteiger charge is -2.17. The molecule has 0 fully saturated rings. The molecule has 0 saturated carbocycles. The highest BCUT2D eigenvalue weighted by Crippen LogP contribution is 2.28. The van der Waals surface area contributed by atoms with Gasteiger partial charge in [0.15, 0.2) is 6.10 Å². The molecule has 0 bridgehead atoms. The van der Waals surface area contributed by atoms with Gasteiger partial charge in [0, 0.05) is 11.8 Å². The van der Waals surface area contributed by atoms with Gasteiger partial charge in [0.05, 0.1) is 12.8 Å². The summed E-state index contributed by atoms with van der Waals surface area (Å²) in [5.74, 6) is -0.813. The van der Waals surface area contributed by atoms with E-state index < -0.39 is 27.6 Å². The van der Waals surface area contributed by atoms with Gasteiger partial charge in [0.1, 0.15) is 5.75 Å². The van der Waals surface area contributed by atoms with E-state index in [4.69, 9.17) is 10.5 Å². The van der Waals surface area contributed by atoms with Crippen LogP contribution < -0.4 is 15.8 Å². The molecule has 1 aromatic rings. The van der Waals surface area contributed by atoms with Gasteiger partial charge in [0.25, 0.3) is 5.91 Å². The minimum Gasteiger partial charge on any atom is -0.495 e. The number of alkyl halides is 3. The number of amides is 1. The van der Waals surface area contributed by atoms with E-state index in [0.29, 0.717) is 0 Å². The SMILES string of the molecule is CC[C@@H](OS(=O)(=O)C(F)(F)F)C(=O)Nc1ccc(N)c(OC)c1. The molecule has 23 heavy (non-hydrogen) atoms. The summed E-state index contributed by atoms with van der Waals surface area (Å²) in [6, 6.07) is 4.11. The van der Waals surface area contributed by atoms with Crippen LogP contribution in [0.5, 0.6) is 5.75 Å². The summed E-state index contributed by atoms with van der Waals surface area (Å²) in [4.78, 5) is 11.9. The Morgan fingerprint density at radius 2 is 2.00 bits per heavy atom. The van der Waals surface area contributed by atoms with Crippen molar-refractivity contribution >= 4 is 27.4 Å². The van der Waals surface area contributed by atoms with Crippen molar-refractivity contribution in [1.29, 1.82) is 0 Å². The minimum absolute atomic E-state index is 0.160. The van der Waals surface area contributed by atoms with Crippen molar-refractivity contribution < 1.29 is 35.3 Å².